The maximum atomic E-state index is 13.3. The van der Waals surface area contributed by atoms with Crippen LogP contribution in [0.5, 0.6) is 5.88 Å². The maximum absolute atomic E-state index is 13.3. The fraction of sp³-hybridized carbons (Fsp3) is 0.185. The molecule has 1 amide bonds. The topological polar surface area (TPSA) is 67.5 Å². The molecule has 3 aromatic carbocycles. The van der Waals surface area contributed by atoms with Crippen molar-refractivity contribution >= 4 is 5.91 Å². The Morgan fingerprint density at radius 1 is 0.917 bits per heavy atom. The van der Waals surface area contributed by atoms with Gasteiger partial charge in [-0.1, -0.05) is 48.5 Å². The minimum absolute atomic E-state index is 0.0806. The van der Waals surface area contributed by atoms with E-state index in [1.54, 1.807) is 17.0 Å². The number of carbonyl (C=O) groups is 1. The zero-order chi connectivity index (χ0) is 25.2. The number of likely N-dealkylation sites (tertiary alicyclic amines) is 1. The molecule has 9 heteroatoms. The maximum Gasteiger partial charge on any atom is 0.416 e. The fourth-order valence-corrected chi connectivity index (χ4v) is 5.33. The highest BCUT2D eigenvalue weighted by molar-refractivity contribution is 5.95. The first-order valence-corrected chi connectivity index (χ1v) is 11.4. The summed E-state index contributed by atoms with van der Waals surface area (Å²) < 4.78 is 41.9. The first-order chi connectivity index (χ1) is 17.2. The number of halogens is 3. The number of fused-ring (bicyclic) bond motifs is 5. The fourth-order valence-electron chi connectivity index (χ4n) is 5.33. The van der Waals surface area contributed by atoms with Crippen molar-refractivity contribution in [3.8, 4) is 22.7 Å². The molecule has 2 aliphatic heterocycles. The Bertz CT molecular complexity index is 1540. The van der Waals surface area contributed by atoms with Gasteiger partial charge < -0.3 is 10.0 Å². The molecular formula is C27H20F3N3O3. The van der Waals surface area contributed by atoms with Crippen LogP contribution in [0.4, 0.5) is 13.2 Å². The number of alkyl halides is 3. The number of rotatable bonds is 3. The van der Waals surface area contributed by atoms with E-state index in [-0.39, 0.29) is 29.9 Å². The molecule has 182 valence electrons. The Balaban J connectivity index is 1.32. The largest absolute Gasteiger partial charge is 0.493 e. The summed E-state index contributed by atoms with van der Waals surface area (Å²) in [4.78, 5) is 28.1. The number of aromatic nitrogens is 2. The highest BCUT2D eigenvalue weighted by Gasteiger charge is 2.49. The van der Waals surface area contributed by atoms with E-state index in [2.05, 4.69) is 0 Å². The van der Waals surface area contributed by atoms with Crippen LogP contribution >= 0.6 is 0 Å². The van der Waals surface area contributed by atoms with Gasteiger partial charge in [-0.25, -0.2) is 9.36 Å². The number of benzene rings is 3. The van der Waals surface area contributed by atoms with Gasteiger partial charge in [0.15, 0.2) is 0 Å². The summed E-state index contributed by atoms with van der Waals surface area (Å²) >= 11 is 0. The van der Waals surface area contributed by atoms with E-state index in [0.29, 0.717) is 12.0 Å². The predicted molar refractivity (Wildman–Crippen MR) is 126 cm³/mol. The second-order valence-electron chi connectivity index (χ2n) is 9.05. The first kappa shape index (κ1) is 22.2. The molecule has 0 aliphatic carbocycles. The second kappa shape index (κ2) is 7.87. The van der Waals surface area contributed by atoms with E-state index in [1.807, 2.05) is 42.5 Å². The second-order valence-corrected chi connectivity index (χ2v) is 9.05. The molecule has 1 unspecified atom stereocenters. The zero-order valence-electron chi connectivity index (χ0n) is 18.8. The van der Waals surface area contributed by atoms with E-state index in [1.165, 1.54) is 16.7 Å². The average Bonchev–Trinajstić information content (AvgIpc) is 3.55. The van der Waals surface area contributed by atoms with Crippen molar-refractivity contribution in [2.45, 2.75) is 24.7 Å². The Hall–Kier alpha value is -4.27. The molecule has 1 aromatic heterocycles. The normalized spacial score (nSPS) is 18.5. The molecule has 2 atom stereocenters. The molecule has 36 heavy (non-hydrogen) atoms. The lowest BCUT2D eigenvalue weighted by molar-refractivity contribution is -0.137. The van der Waals surface area contributed by atoms with Crippen LogP contribution in [0, 0.1) is 0 Å². The standard InChI is InChI=1S/C27H20F3N3O3/c28-27(29,30)19-7-4-8-20(13-19)33-25(35)23-22-14-21(32(23)26(33)36)15-31(22)24(34)18-11-9-17(10-12-18)16-5-2-1-3-6-16/h1-13,21-22,35H,14-15H2/t21?,22-/m1/s1. The zero-order valence-corrected chi connectivity index (χ0v) is 18.8. The number of carbonyl (C=O) groups excluding carboxylic acids is 1. The number of hydrogen-bond donors (Lipinski definition) is 1. The quantitative estimate of drug-likeness (QED) is 0.430. The van der Waals surface area contributed by atoms with E-state index < -0.39 is 29.4 Å². The van der Waals surface area contributed by atoms with Crippen molar-refractivity contribution in [2.24, 2.45) is 0 Å². The number of aromatic hydroxyl groups is 1. The average molecular weight is 491 g/mol. The minimum atomic E-state index is -4.59. The highest BCUT2D eigenvalue weighted by atomic mass is 19.4. The van der Waals surface area contributed by atoms with Gasteiger partial charge in [0.1, 0.15) is 5.69 Å². The van der Waals surface area contributed by atoms with Gasteiger partial charge in [-0.2, -0.15) is 13.2 Å². The predicted octanol–water partition coefficient (Wildman–Crippen LogP) is 5.17. The van der Waals surface area contributed by atoms with Crippen molar-refractivity contribution < 1.29 is 23.1 Å². The molecule has 3 heterocycles. The van der Waals surface area contributed by atoms with Crippen LogP contribution in [-0.2, 0) is 6.18 Å². The van der Waals surface area contributed by atoms with Gasteiger partial charge in [-0.15, -0.1) is 0 Å². The molecule has 6 nitrogen and oxygen atoms in total. The molecule has 2 aliphatic rings. The Morgan fingerprint density at radius 2 is 1.61 bits per heavy atom. The van der Waals surface area contributed by atoms with Crippen LogP contribution in [-0.4, -0.2) is 31.6 Å². The molecular weight excluding hydrogens is 471 g/mol. The molecule has 1 N–H and O–H groups in total. The van der Waals surface area contributed by atoms with Crippen molar-refractivity contribution in [1.29, 1.82) is 0 Å². The summed E-state index contributed by atoms with van der Waals surface area (Å²) in [5.74, 6) is -0.671. The monoisotopic (exact) mass is 491 g/mol. The third-order valence-corrected chi connectivity index (χ3v) is 6.99. The van der Waals surface area contributed by atoms with Crippen LogP contribution in [0.15, 0.2) is 83.7 Å². The van der Waals surface area contributed by atoms with E-state index in [0.717, 1.165) is 27.8 Å². The molecule has 2 bridgehead atoms. The van der Waals surface area contributed by atoms with Crippen molar-refractivity contribution in [3.05, 3.63) is 106 Å². The Labute approximate surface area is 203 Å². The third-order valence-electron chi connectivity index (χ3n) is 6.99. The number of imidazole rings is 1. The van der Waals surface area contributed by atoms with Gasteiger partial charge in [0.2, 0.25) is 5.88 Å². The lowest BCUT2D eigenvalue weighted by atomic mass is 10.0. The Morgan fingerprint density at radius 3 is 2.31 bits per heavy atom. The van der Waals surface area contributed by atoms with Gasteiger partial charge in [0, 0.05) is 12.1 Å². The Kier molecular flexibility index (Phi) is 4.86. The number of amides is 1. The van der Waals surface area contributed by atoms with Crippen molar-refractivity contribution in [3.63, 3.8) is 0 Å². The lowest BCUT2D eigenvalue weighted by Gasteiger charge is -2.27. The first-order valence-electron chi connectivity index (χ1n) is 11.4. The summed E-state index contributed by atoms with van der Waals surface area (Å²) in [6, 6.07) is 20.4. The van der Waals surface area contributed by atoms with Gasteiger partial charge >= 0.3 is 11.9 Å². The van der Waals surface area contributed by atoms with E-state index >= 15 is 0 Å². The van der Waals surface area contributed by atoms with Gasteiger partial charge in [-0.05, 0) is 47.9 Å². The summed E-state index contributed by atoms with van der Waals surface area (Å²) in [5, 5.41) is 11.0. The molecule has 1 fully saturated rings. The number of nitrogens with zero attached hydrogens (tertiary/aromatic N) is 3. The van der Waals surface area contributed by atoms with E-state index in [4.69, 9.17) is 0 Å². The lowest BCUT2D eigenvalue weighted by Crippen LogP contribution is -2.37. The molecule has 6 rings (SSSR count). The van der Waals surface area contributed by atoms with Crippen molar-refractivity contribution in [1.82, 2.24) is 14.0 Å². The minimum Gasteiger partial charge on any atom is -0.493 e. The van der Waals surface area contributed by atoms with Gasteiger partial charge in [0.25, 0.3) is 5.91 Å². The summed E-state index contributed by atoms with van der Waals surface area (Å²) in [7, 11) is 0. The SMILES string of the molecule is O=C(c1ccc(-c2ccccc2)cc1)N1CC2C[C@@H]1c1c(O)n(-c3cccc(C(F)(F)F)c3)c(=O)n12. The third kappa shape index (κ3) is 3.34. The summed E-state index contributed by atoms with van der Waals surface area (Å²) in [5.41, 5.74) is 1.12. The van der Waals surface area contributed by atoms with Gasteiger partial charge in [0.05, 0.1) is 23.3 Å². The highest BCUT2D eigenvalue weighted by Crippen LogP contribution is 2.49. The number of hydrogen-bond acceptors (Lipinski definition) is 3. The van der Waals surface area contributed by atoms with Crippen LogP contribution in [0.1, 0.15) is 40.1 Å². The smallest absolute Gasteiger partial charge is 0.416 e. The van der Waals surface area contributed by atoms with Gasteiger partial charge in [-0.3, -0.25) is 9.36 Å². The van der Waals surface area contributed by atoms with Crippen LogP contribution in [0.25, 0.3) is 16.8 Å². The van der Waals surface area contributed by atoms with Crippen LogP contribution in [0.3, 0.4) is 0 Å². The molecule has 1 saturated heterocycles. The molecule has 0 radical (unpaired) electrons. The van der Waals surface area contributed by atoms with E-state index in [9.17, 15) is 27.9 Å². The van der Waals surface area contributed by atoms with Crippen LogP contribution < -0.4 is 5.69 Å². The van der Waals surface area contributed by atoms with Crippen molar-refractivity contribution in [2.75, 3.05) is 6.54 Å². The summed E-state index contributed by atoms with van der Waals surface area (Å²) in [6.45, 7) is 0.281. The van der Waals surface area contributed by atoms with Crippen LogP contribution in [0.2, 0.25) is 0 Å². The summed E-state index contributed by atoms with van der Waals surface area (Å²) in [6.07, 6.45) is -4.12. The molecule has 4 aromatic rings. The molecule has 0 spiro atoms. The molecule has 0 saturated carbocycles.